The van der Waals surface area contributed by atoms with Crippen molar-refractivity contribution in [1.29, 1.82) is 0 Å². The maximum absolute atomic E-state index is 12.8. The molecular weight excluding hydrogens is 440 g/mol. The van der Waals surface area contributed by atoms with Crippen LogP contribution in [0, 0.1) is 5.92 Å². The molecule has 0 bridgehead atoms. The Morgan fingerprint density at radius 3 is 2.42 bits per heavy atom. The normalized spacial score (nSPS) is 14.1. The van der Waals surface area contributed by atoms with Crippen LogP contribution in [-0.4, -0.2) is 41.8 Å². The van der Waals surface area contributed by atoms with Gasteiger partial charge in [0.15, 0.2) is 5.82 Å². The molecule has 1 fully saturated rings. The molecule has 0 saturated carbocycles. The van der Waals surface area contributed by atoms with Crippen molar-refractivity contribution in [3.05, 3.63) is 71.2 Å². The molecule has 3 aromatic rings. The Bertz CT molecular complexity index is 1110. The van der Waals surface area contributed by atoms with E-state index in [9.17, 15) is 9.59 Å². The zero-order valence-corrected chi connectivity index (χ0v) is 19.1. The molecule has 1 amide bonds. The minimum Gasteiger partial charge on any atom is -0.462 e. The van der Waals surface area contributed by atoms with E-state index in [4.69, 9.17) is 16.3 Å². The molecule has 1 saturated heterocycles. The lowest BCUT2D eigenvalue weighted by atomic mass is 9.95. The van der Waals surface area contributed by atoms with Gasteiger partial charge in [-0.1, -0.05) is 35.9 Å². The Hall–Kier alpha value is -3.45. The number of nitrogens with zero attached hydrogens (tertiary/aromatic N) is 3. The summed E-state index contributed by atoms with van der Waals surface area (Å²) in [6, 6.07) is 18.3. The fourth-order valence-corrected chi connectivity index (χ4v) is 3.98. The molecule has 170 valence electrons. The van der Waals surface area contributed by atoms with Gasteiger partial charge >= 0.3 is 5.97 Å². The topological polar surface area (TPSA) is 84.4 Å². The summed E-state index contributed by atoms with van der Waals surface area (Å²) >= 11 is 5.95. The van der Waals surface area contributed by atoms with Gasteiger partial charge in [-0.3, -0.25) is 4.79 Å². The number of benzene rings is 2. The molecule has 0 atom stereocenters. The fraction of sp³-hybridized carbons (Fsp3) is 0.280. The molecule has 0 spiro atoms. The van der Waals surface area contributed by atoms with Crippen LogP contribution in [0.5, 0.6) is 0 Å². The highest BCUT2D eigenvalue weighted by Gasteiger charge is 2.27. The number of anilines is 2. The maximum Gasteiger partial charge on any atom is 0.340 e. The van der Waals surface area contributed by atoms with Gasteiger partial charge in [0, 0.05) is 29.6 Å². The molecule has 2 aromatic carbocycles. The van der Waals surface area contributed by atoms with E-state index >= 15 is 0 Å². The second kappa shape index (κ2) is 10.4. The highest BCUT2D eigenvalue weighted by atomic mass is 35.5. The first-order valence-corrected chi connectivity index (χ1v) is 11.3. The predicted octanol–water partition coefficient (Wildman–Crippen LogP) is 4.83. The molecule has 1 aliphatic heterocycles. The summed E-state index contributed by atoms with van der Waals surface area (Å²) < 4.78 is 5.08. The summed E-state index contributed by atoms with van der Waals surface area (Å²) in [7, 11) is 0. The number of halogens is 1. The number of amides is 1. The van der Waals surface area contributed by atoms with Crippen molar-refractivity contribution in [3.63, 3.8) is 0 Å². The monoisotopic (exact) mass is 464 g/mol. The summed E-state index contributed by atoms with van der Waals surface area (Å²) in [6.07, 6.45) is 1.38. The second-order valence-corrected chi connectivity index (χ2v) is 8.24. The molecule has 4 rings (SSSR count). The van der Waals surface area contributed by atoms with E-state index in [1.54, 1.807) is 31.2 Å². The van der Waals surface area contributed by atoms with Gasteiger partial charge in [-0.2, -0.15) is 0 Å². The van der Waals surface area contributed by atoms with Crippen molar-refractivity contribution >= 4 is 35.0 Å². The Morgan fingerprint density at radius 1 is 1.03 bits per heavy atom. The number of hydrogen-bond acceptors (Lipinski definition) is 6. The van der Waals surface area contributed by atoms with Crippen LogP contribution in [0.25, 0.3) is 11.3 Å². The van der Waals surface area contributed by atoms with E-state index in [0.29, 0.717) is 42.2 Å². The Labute approximate surface area is 197 Å². The zero-order valence-electron chi connectivity index (χ0n) is 18.3. The van der Waals surface area contributed by atoms with Crippen molar-refractivity contribution < 1.29 is 14.3 Å². The largest absolute Gasteiger partial charge is 0.462 e. The standard InChI is InChI=1S/C25H25ClN4O3/c1-2-33-25(32)20-5-3-4-6-22(20)27-24(31)18-13-15-30(16-14-18)23-12-11-21(28-29-23)17-7-9-19(26)10-8-17/h3-12,18H,2,13-16H2,1H3,(H,27,31). The van der Waals surface area contributed by atoms with E-state index in [1.165, 1.54) is 0 Å². The number of para-hydroxylation sites is 1. The average Bonchev–Trinajstić information content (AvgIpc) is 2.85. The van der Waals surface area contributed by atoms with Gasteiger partial charge in [-0.25, -0.2) is 4.79 Å². The van der Waals surface area contributed by atoms with Gasteiger partial charge in [0.25, 0.3) is 0 Å². The molecule has 2 heterocycles. The van der Waals surface area contributed by atoms with Gasteiger partial charge in [-0.05, 0) is 56.2 Å². The van der Waals surface area contributed by atoms with E-state index in [-0.39, 0.29) is 18.4 Å². The van der Waals surface area contributed by atoms with E-state index in [2.05, 4.69) is 20.4 Å². The molecule has 7 nitrogen and oxygen atoms in total. The molecule has 1 aliphatic rings. The average molecular weight is 465 g/mol. The third-order valence-electron chi connectivity index (χ3n) is 5.66. The number of carbonyl (C=O) groups excluding carboxylic acids is 2. The van der Waals surface area contributed by atoms with Crippen LogP contribution in [-0.2, 0) is 9.53 Å². The third kappa shape index (κ3) is 5.49. The SMILES string of the molecule is CCOC(=O)c1ccccc1NC(=O)C1CCN(c2ccc(-c3ccc(Cl)cc3)nn2)CC1. The van der Waals surface area contributed by atoms with Crippen LogP contribution in [0.1, 0.15) is 30.1 Å². The molecule has 1 aromatic heterocycles. The van der Waals surface area contributed by atoms with Crippen LogP contribution in [0.2, 0.25) is 5.02 Å². The molecule has 1 N–H and O–H groups in total. The molecule has 33 heavy (non-hydrogen) atoms. The lowest BCUT2D eigenvalue weighted by molar-refractivity contribution is -0.120. The number of esters is 1. The molecule has 0 aliphatic carbocycles. The van der Waals surface area contributed by atoms with Crippen LogP contribution in [0.3, 0.4) is 0 Å². The van der Waals surface area contributed by atoms with Gasteiger partial charge in [0.2, 0.25) is 5.91 Å². The highest BCUT2D eigenvalue weighted by molar-refractivity contribution is 6.30. The Morgan fingerprint density at radius 2 is 1.76 bits per heavy atom. The first-order chi connectivity index (χ1) is 16.0. The number of rotatable bonds is 6. The minimum absolute atomic E-state index is 0.0874. The van der Waals surface area contributed by atoms with E-state index in [1.807, 2.05) is 36.4 Å². The van der Waals surface area contributed by atoms with Crippen LogP contribution >= 0.6 is 11.6 Å². The minimum atomic E-state index is -0.441. The van der Waals surface area contributed by atoms with Crippen LogP contribution in [0.15, 0.2) is 60.7 Å². The number of ether oxygens (including phenoxy) is 1. The summed E-state index contributed by atoms with van der Waals surface area (Å²) in [4.78, 5) is 27.1. The summed E-state index contributed by atoms with van der Waals surface area (Å²) in [5.74, 6) is 0.122. The van der Waals surface area contributed by atoms with Gasteiger partial charge in [-0.15, -0.1) is 10.2 Å². The number of piperidine rings is 1. The molecular formula is C25H25ClN4O3. The maximum atomic E-state index is 12.8. The van der Waals surface area contributed by atoms with Gasteiger partial charge in [0.05, 0.1) is 23.6 Å². The smallest absolute Gasteiger partial charge is 0.340 e. The first-order valence-electron chi connectivity index (χ1n) is 11.0. The number of hydrogen-bond donors (Lipinski definition) is 1. The lowest BCUT2D eigenvalue weighted by Gasteiger charge is -2.32. The molecule has 0 unspecified atom stereocenters. The Balaban J connectivity index is 1.35. The van der Waals surface area contributed by atoms with Crippen molar-refractivity contribution in [2.45, 2.75) is 19.8 Å². The van der Waals surface area contributed by atoms with Gasteiger partial charge in [0.1, 0.15) is 0 Å². The predicted molar refractivity (Wildman–Crippen MR) is 128 cm³/mol. The fourth-order valence-electron chi connectivity index (χ4n) is 3.85. The lowest BCUT2D eigenvalue weighted by Crippen LogP contribution is -2.38. The quantitative estimate of drug-likeness (QED) is 0.526. The van der Waals surface area contributed by atoms with Crippen molar-refractivity contribution in [2.75, 3.05) is 29.9 Å². The first kappa shape index (κ1) is 22.7. The van der Waals surface area contributed by atoms with Crippen molar-refractivity contribution in [2.24, 2.45) is 5.92 Å². The summed E-state index contributed by atoms with van der Waals surface area (Å²) in [5.41, 5.74) is 2.58. The highest BCUT2D eigenvalue weighted by Crippen LogP contribution is 2.26. The number of aromatic nitrogens is 2. The van der Waals surface area contributed by atoms with Crippen molar-refractivity contribution in [3.8, 4) is 11.3 Å². The third-order valence-corrected chi connectivity index (χ3v) is 5.91. The summed E-state index contributed by atoms with van der Waals surface area (Å²) in [6.45, 7) is 3.44. The molecule has 8 heteroatoms. The van der Waals surface area contributed by atoms with E-state index < -0.39 is 5.97 Å². The van der Waals surface area contributed by atoms with E-state index in [0.717, 1.165) is 17.1 Å². The number of carbonyl (C=O) groups is 2. The van der Waals surface area contributed by atoms with Crippen LogP contribution in [0.4, 0.5) is 11.5 Å². The van der Waals surface area contributed by atoms with Gasteiger partial charge < -0.3 is 15.0 Å². The second-order valence-electron chi connectivity index (χ2n) is 7.80. The Kier molecular flexibility index (Phi) is 7.19. The molecule has 0 radical (unpaired) electrons. The zero-order chi connectivity index (χ0) is 23.2. The number of nitrogens with one attached hydrogen (secondary N) is 1. The van der Waals surface area contributed by atoms with Crippen LogP contribution < -0.4 is 10.2 Å². The van der Waals surface area contributed by atoms with Crippen molar-refractivity contribution in [1.82, 2.24) is 10.2 Å². The summed E-state index contributed by atoms with van der Waals surface area (Å²) in [5, 5.41) is 12.3.